The number of hydrogen-bond acceptors (Lipinski definition) is 2. The second-order valence-electron chi connectivity index (χ2n) is 3.63. The predicted molar refractivity (Wildman–Crippen MR) is 57.5 cm³/mol. The van der Waals surface area contributed by atoms with Crippen LogP contribution in [0.4, 0.5) is 0 Å². The van der Waals surface area contributed by atoms with Gasteiger partial charge in [0.1, 0.15) is 0 Å². The Labute approximate surface area is 86.7 Å². The summed E-state index contributed by atoms with van der Waals surface area (Å²) in [5, 5.41) is 7.96. The van der Waals surface area contributed by atoms with Gasteiger partial charge in [0.25, 0.3) is 0 Å². The first-order chi connectivity index (χ1) is 5.43. The first-order valence-electron chi connectivity index (χ1n) is 4.02. The number of halogens is 1. The highest BCUT2D eigenvalue weighted by atomic mass is 127. The summed E-state index contributed by atoms with van der Waals surface area (Å²) >= 11 is 2.40. The molecule has 1 heterocycles. The minimum Gasteiger partial charge on any atom is -0.246 e. The molecule has 0 bridgehead atoms. The molecule has 0 aliphatic carbocycles. The van der Waals surface area contributed by atoms with Gasteiger partial charge in [0.2, 0.25) is 0 Å². The molecule has 0 atom stereocenters. The van der Waals surface area contributed by atoms with E-state index in [1.807, 2.05) is 10.9 Å². The van der Waals surface area contributed by atoms with E-state index in [2.05, 4.69) is 60.6 Å². The van der Waals surface area contributed by atoms with Crippen LogP contribution in [0.25, 0.3) is 0 Å². The monoisotopic (exact) mass is 279 g/mol. The van der Waals surface area contributed by atoms with E-state index in [1.165, 1.54) is 5.69 Å². The molecule has 0 N–H and O–H groups in total. The maximum atomic E-state index is 4.04. The predicted octanol–water partition coefficient (Wildman–Crippen LogP) is 2.53. The van der Waals surface area contributed by atoms with Crippen molar-refractivity contribution in [3.05, 3.63) is 11.9 Å². The molecule has 0 amide bonds. The molecule has 0 saturated carbocycles. The standard InChI is InChI=1S/C8H14IN3/c1-6(2)12-7(5-10-11-12)8(3,4)9/h5-6H,1-4H3. The highest BCUT2D eigenvalue weighted by Gasteiger charge is 2.22. The molecule has 0 unspecified atom stereocenters. The van der Waals surface area contributed by atoms with Crippen molar-refractivity contribution in [1.29, 1.82) is 0 Å². The van der Waals surface area contributed by atoms with E-state index >= 15 is 0 Å². The SMILES string of the molecule is CC(C)n1nncc1C(C)(C)I. The van der Waals surface area contributed by atoms with Crippen LogP contribution in [0, 0.1) is 0 Å². The van der Waals surface area contributed by atoms with Gasteiger partial charge in [0, 0.05) is 6.04 Å². The molecule has 0 saturated heterocycles. The van der Waals surface area contributed by atoms with Crippen LogP contribution >= 0.6 is 22.6 Å². The van der Waals surface area contributed by atoms with Crippen LogP contribution in [0.5, 0.6) is 0 Å². The van der Waals surface area contributed by atoms with Crippen LogP contribution in [0.1, 0.15) is 39.4 Å². The highest BCUT2D eigenvalue weighted by molar-refractivity contribution is 14.1. The summed E-state index contributed by atoms with van der Waals surface area (Å²) < 4.78 is 2.07. The summed E-state index contributed by atoms with van der Waals surface area (Å²) in [6.45, 7) is 8.54. The van der Waals surface area contributed by atoms with Crippen LogP contribution in [-0.2, 0) is 3.42 Å². The second kappa shape index (κ2) is 3.32. The van der Waals surface area contributed by atoms with Crippen LogP contribution < -0.4 is 0 Å². The van der Waals surface area contributed by atoms with E-state index in [0.717, 1.165) is 0 Å². The van der Waals surface area contributed by atoms with Gasteiger partial charge in [-0.25, -0.2) is 4.68 Å². The van der Waals surface area contributed by atoms with E-state index in [1.54, 1.807) is 0 Å². The second-order valence-corrected chi connectivity index (χ2v) is 6.33. The summed E-state index contributed by atoms with van der Waals surface area (Å²) in [6, 6.07) is 0.386. The number of alkyl halides is 1. The molecule has 1 aromatic heterocycles. The summed E-state index contributed by atoms with van der Waals surface area (Å²) in [5.41, 5.74) is 1.18. The number of rotatable bonds is 2. The third-order valence-corrected chi connectivity index (χ3v) is 2.23. The zero-order valence-corrected chi connectivity index (χ0v) is 10.0. The van der Waals surface area contributed by atoms with Crippen LogP contribution in [0.3, 0.4) is 0 Å². The molecule has 0 spiro atoms. The molecule has 68 valence electrons. The normalized spacial score (nSPS) is 12.5. The van der Waals surface area contributed by atoms with Crippen molar-refractivity contribution in [2.24, 2.45) is 0 Å². The lowest BCUT2D eigenvalue weighted by Gasteiger charge is -2.19. The lowest BCUT2D eigenvalue weighted by Crippen LogP contribution is -2.16. The minimum atomic E-state index is 0.103. The van der Waals surface area contributed by atoms with Crippen molar-refractivity contribution in [2.45, 2.75) is 37.2 Å². The van der Waals surface area contributed by atoms with E-state index in [9.17, 15) is 0 Å². The number of aromatic nitrogens is 3. The van der Waals surface area contributed by atoms with Crippen molar-refractivity contribution in [2.75, 3.05) is 0 Å². The van der Waals surface area contributed by atoms with E-state index < -0.39 is 0 Å². The van der Waals surface area contributed by atoms with Crippen molar-refractivity contribution in [3.8, 4) is 0 Å². The van der Waals surface area contributed by atoms with Crippen LogP contribution in [0.2, 0.25) is 0 Å². The Bertz CT molecular complexity index is 260. The van der Waals surface area contributed by atoms with Gasteiger partial charge in [-0.3, -0.25) is 0 Å². The Hall–Kier alpha value is -0.130. The zero-order chi connectivity index (χ0) is 9.35. The van der Waals surface area contributed by atoms with Gasteiger partial charge in [0.15, 0.2) is 0 Å². The molecule has 4 heteroatoms. The Morgan fingerprint density at radius 2 is 2.08 bits per heavy atom. The van der Waals surface area contributed by atoms with E-state index in [-0.39, 0.29) is 3.42 Å². The van der Waals surface area contributed by atoms with Gasteiger partial charge in [0.05, 0.1) is 15.3 Å². The molecule has 3 nitrogen and oxygen atoms in total. The van der Waals surface area contributed by atoms with E-state index in [0.29, 0.717) is 6.04 Å². The van der Waals surface area contributed by atoms with Crippen molar-refractivity contribution in [1.82, 2.24) is 15.0 Å². The Morgan fingerprint density at radius 3 is 2.42 bits per heavy atom. The molecule has 0 aliphatic heterocycles. The third kappa shape index (κ3) is 1.97. The van der Waals surface area contributed by atoms with Crippen molar-refractivity contribution in [3.63, 3.8) is 0 Å². The average molecular weight is 279 g/mol. The minimum absolute atomic E-state index is 0.103. The Kier molecular flexibility index (Phi) is 2.75. The van der Waals surface area contributed by atoms with Gasteiger partial charge in [-0.2, -0.15) is 0 Å². The summed E-state index contributed by atoms with van der Waals surface area (Å²) in [4.78, 5) is 0. The van der Waals surface area contributed by atoms with Crippen LogP contribution in [0.15, 0.2) is 6.20 Å². The van der Waals surface area contributed by atoms with Gasteiger partial charge in [-0.05, 0) is 27.7 Å². The van der Waals surface area contributed by atoms with Gasteiger partial charge in [-0.1, -0.05) is 27.8 Å². The van der Waals surface area contributed by atoms with Crippen molar-refractivity contribution < 1.29 is 0 Å². The fourth-order valence-electron chi connectivity index (χ4n) is 1.05. The lowest BCUT2D eigenvalue weighted by molar-refractivity contribution is 0.480. The summed E-state index contributed by atoms with van der Waals surface area (Å²) in [6.07, 6.45) is 1.84. The van der Waals surface area contributed by atoms with Crippen molar-refractivity contribution >= 4 is 22.6 Å². The number of hydrogen-bond donors (Lipinski definition) is 0. The molecular weight excluding hydrogens is 265 g/mol. The van der Waals surface area contributed by atoms with Gasteiger partial charge < -0.3 is 0 Å². The van der Waals surface area contributed by atoms with Gasteiger partial charge >= 0.3 is 0 Å². The molecule has 12 heavy (non-hydrogen) atoms. The summed E-state index contributed by atoms with van der Waals surface area (Å²) in [7, 11) is 0. The molecule has 0 fully saturated rings. The zero-order valence-electron chi connectivity index (χ0n) is 7.87. The Balaban J connectivity index is 3.08. The molecule has 0 aliphatic rings. The first kappa shape index (κ1) is 9.95. The average Bonchev–Trinajstić information content (AvgIpc) is 2.30. The fourth-order valence-corrected chi connectivity index (χ4v) is 1.44. The fraction of sp³-hybridized carbons (Fsp3) is 0.750. The highest BCUT2D eigenvalue weighted by Crippen LogP contribution is 2.30. The maximum absolute atomic E-state index is 4.04. The quantitative estimate of drug-likeness (QED) is 0.615. The van der Waals surface area contributed by atoms with E-state index in [4.69, 9.17) is 0 Å². The third-order valence-electron chi connectivity index (χ3n) is 1.67. The maximum Gasteiger partial charge on any atom is 0.0743 e. The molecule has 1 rings (SSSR count). The molecule has 0 aromatic carbocycles. The molecular formula is C8H14IN3. The molecule has 0 radical (unpaired) electrons. The topological polar surface area (TPSA) is 30.7 Å². The van der Waals surface area contributed by atoms with Crippen LogP contribution in [-0.4, -0.2) is 15.0 Å². The lowest BCUT2D eigenvalue weighted by atomic mass is 10.1. The largest absolute Gasteiger partial charge is 0.246 e. The Morgan fingerprint density at radius 1 is 1.50 bits per heavy atom. The number of nitrogens with zero attached hydrogens (tertiary/aromatic N) is 3. The smallest absolute Gasteiger partial charge is 0.0743 e. The first-order valence-corrected chi connectivity index (χ1v) is 5.10. The summed E-state index contributed by atoms with van der Waals surface area (Å²) in [5.74, 6) is 0. The molecule has 1 aromatic rings. The van der Waals surface area contributed by atoms with Gasteiger partial charge in [-0.15, -0.1) is 5.10 Å².